The van der Waals surface area contributed by atoms with Crippen molar-refractivity contribution in [3.05, 3.63) is 18.0 Å². The van der Waals surface area contributed by atoms with Gasteiger partial charge in [-0.1, -0.05) is 0 Å². The second-order valence-corrected chi connectivity index (χ2v) is 6.65. The number of aromatic nitrogens is 1. The summed E-state index contributed by atoms with van der Waals surface area (Å²) in [5.74, 6) is -1.57. The number of amides is 1. The number of carboxylic acid groups (broad SMARTS) is 1. The highest BCUT2D eigenvalue weighted by atomic mass is 32.2. The van der Waals surface area contributed by atoms with Crippen LogP contribution < -0.4 is 10.0 Å². The zero-order valence-corrected chi connectivity index (χ0v) is 12.3. The van der Waals surface area contributed by atoms with Crippen LogP contribution in [0.25, 0.3) is 0 Å². The van der Waals surface area contributed by atoms with Crippen molar-refractivity contribution in [2.24, 2.45) is 7.05 Å². The molecule has 1 aromatic rings. The number of carbonyl (C=O) groups is 2. The van der Waals surface area contributed by atoms with E-state index in [4.69, 9.17) is 5.11 Å². The highest BCUT2D eigenvalue weighted by molar-refractivity contribution is 7.89. The van der Waals surface area contributed by atoms with E-state index in [0.29, 0.717) is 13.0 Å². The summed E-state index contributed by atoms with van der Waals surface area (Å²) in [5.41, 5.74) is -0.138. The maximum absolute atomic E-state index is 12.2. The first-order valence-electron chi connectivity index (χ1n) is 6.51. The van der Waals surface area contributed by atoms with Crippen molar-refractivity contribution in [1.82, 2.24) is 14.6 Å². The van der Waals surface area contributed by atoms with Gasteiger partial charge in [0, 0.05) is 19.8 Å². The Morgan fingerprint density at radius 1 is 1.48 bits per heavy atom. The molecule has 9 heteroatoms. The first-order valence-corrected chi connectivity index (χ1v) is 7.99. The van der Waals surface area contributed by atoms with Crippen LogP contribution in [-0.4, -0.2) is 42.6 Å². The first kappa shape index (κ1) is 15.5. The average Bonchev–Trinajstić information content (AvgIpc) is 2.69. The molecule has 1 aliphatic heterocycles. The topological polar surface area (TPSA) is 118 Å². The lowest BCUT2D eigenvalue weighted by molar-refractivity contribution is -0.122. The fourth-order valence-corrected chi connectivity index (χ4v) is 3.50. The number of hydrogen-bond donors (Lipinski definition) is 3. The highest BCUT2D eigenvalue weighted by Gasteiger charge is 2.28. The van der Waals surface area contributed by atoms with Crippen LogP contribution in [0.3, 0.4) is 0 Å². The van der Waals surface area contributed by atoms with Crippen LogP contribution >= 0.6 is 0 Å². The second kappa shape index (κ2) is 5.86. The summed E-state index contributed by atoms with van der Waals surface area (Å²) in [7, 11) is -2.49. The third kappa shape index (κ3) is 3.42. The Bertz CT molecular complexity index is 664. The molecule has 0 aliphatic carbocycles. The number of aryl methyl sites for hydroxylation is 1. The molecule has 0 aromatic carbocycles. The van der Waals surface area contributed by atoms with Crippen LogP contribution in [0.2, 0.25) is 0 Å². The molecule has 8 nitrogen and oxygen atoms in total. The van der Waals surface area contributed by atoms with E-state index in [-0.39, 0.29) is 16.5 Å². The Kier molecular flexibility index (Phi) is 4.33. The zero-order valence-electron chi connectivity index (χ0n) is 11.5. The minimum atomic E-state index is -3.94. The summed E-state index contributed by atoms with van der Waals surface area (Å²) in [6.45, 7) is 0.533. The number of carboxylic acids is 1. The lowest BCUT2D eigenvalue weighted by Gasteiger charge is -2.14. The Balaban J connectivity index is 2.23. The third-order valence-corrected chi connectivity index (χ3v) is 4.78. The SMILES string of the molecule is Cn1cc(S(=O)(=O)NC2CCCCNC2=O)cc1C(=O)O. The standard InChI is InChI=1S/C12H17N3O5S/c1-15-7-8(6-10(15)12(17)18)21(19,20)14-9-4-2-3-5-13-11(9)16/h6-7,9,14H,2-5H2,1H3,(H,13,16)(H,17,18). The number of hydrogen-bond acceptors (Lipinski definition) is 4. The summed E-state index contributed by atoms with van der Waals surface area (Å²) < 4.78 is 28.0. The van der Waals surface area contributed by atoms with Gasteiger partial charge in [0.05, 0.1) is 0 Å². The minimum Gasteiger partial charge on any atom is -0.477 e. The van der Waals surface area contributed by atoms with Crippen molar-refractivity contribution in [2.45, 2.75) is 30.2 Å². The summed E-state index contributed by atoms with van der Waals surface area (Å²) >= 11 is 0. The number of rotatable bonds is 4. The molecule has 116 valence electrons. The van der Waals surface area contributed by atoms with Gasteiger partial charge in [-0.2, -0.15) is 4.72 Å². The number of nitrogens with one attached hydrogen (secondary N) is 2. The molecule has 1 amide bonds. The van der Waals surface area contributed by atoms with Gasteiger partial charge in [-0.25, -0.2) is 13.2 Å². The summed E-state index contributed by atoms with van der Waals surface area (Å²) in [6, 6.07) is 0.241. The van der Waals surface area contributed by atoms with E-state index in [9.17, 15) is 18.0 Å². The van der Waals surface area contributed by atoms with Gasteiger partial charge < -0.3 is 15.0 Å². The first-order chi connectivity index (χ1) is 9.81. The van der Waals surface area contributed by atoms with Crippen molar-refractivity contribution >= 4 is 21.9 Å². The van der Waals surface area contributed by atoms with E-state index >= 15 is 0 Å². The molecule has 1 unspecified atom stereocenters. The Labute approximate surface area is 122 Å². The highest BCUT2D eigenvalue weighted by Crippen LogP contribution is 2.15. The van der Waals surface area contributed by atoms with Crippen LogP contribution in [0.1, 0.15) is 29.8 Å². The summed E-state index contributed by atoms with van der Waals surface area (Å²) in [6.07, 6.45) is 3.17. The van der Waals surface area contributed by atoms with Crippen molar-refractivity contribution < 1.29 is 23.1 Å². The van der Waals surface area contributed by atoms with Crippen LogP contribution in [0.15, 0.2) is 17.2 Å². The third-order valence-electron chi connectivity index (χ3n) is 3.34. The molecule has 1 aromatic heterocycles. The molecule has 0 radical (unpaired) electrons. The number of nitrogens with zero attached hydrogens (tertiary/aromatic N) is 1. The van der Waals surface area contributed by atoms with Crippen LogP contribution in [0.4, 0.5) is 0 Å². The fourth-order valence-electron chi connectivity index (χ4n) is 2.20. The fraction of sp³-hybridized carbons (Fsp3) is 0.500. The Hall–Kier alpha value is -1.87. The molecule has 1 atom stereocenters. The van der Waals surface area contributed by atoms with E-state index in [1.807, 2.05) is 0 Å². The van der Waals surface area contributed by atoms with Crippen molar-refractivity contribution in [3.8, 4) is 0 Å². The maximum Gasteiger partial charge on any atom is 0.352 e. The normalized spacial score (nSPS) is 19.9. The van der Waals surface area contributed by atoms with Crippen molar-refractivity contribution in [2.75, 3.05) is 6.54 Å². The lowest BCUT2D eigenvalue weighted by atomic mass is 10.1. The average molecular weight is 315 g/mol. The van der Waals surface area contributed by atoms with Gasteiger partial charge >= 0.3 is 5.97 Å². The van der Waals surface area contributed by atoms with Crippen LogP contribution in [0.5, 0.6) is 0 Å². The van der Waals surface area contributed by atoms with Gasteiger partial charge in [-0.3, -0.25) is 4.79 Å². The largest absolute Gasteiger partial charge is 0.477 e. The van der Waals surface area contributed by atoms with Gasteiger partial charge in [0.1, 0.15) is 16.6 Å². The van der Waals surface area contributed by atoms with Crippen molar-refractivity contribution in [1.29, 1.82) is 0 Å². The maximum atomic E-state index is 12.2. The molecule has 1 aliphatic rings. The van der Waals surface area contributed by atoms with E-state index in [1.54, 1.807) is 0 Å². The molecule has 0 saturated carbocycles. The molecule has 0 bridgehead atoms. The summed E-state index contributed by atoms with van der Waals surface area (Å²) in [5, 5.41) is 11.6. The van der Waals surface area contributed by atoms with Gasteiger partial charge in [-0.15, -0.1) is 0 Å². The molecular weight excluding hydrogens is 298 g/mol. The monoisotopic (exact) mass is 315 g/mol. The molecule has 1 saturated heterocycles. The Morgan fingerprint density at radius 2 is 2.19 bits per heavy atom. The predicted octanol–water partition coefficient (Wildman–Crippen LogP) is -0.330. The number of carbonyl (C=O) groups excluding carboxylic acids is 1. The molecule has 1 fully saturated rings. The molecule has 21 heavy (non-hydrogen) atoms. The van der Waals surface area contributed by atoms with Gasteiger partial charge in [-0.05, 0) is 25.3 Å². The quantitative estimate of drug-likeness (QED) is 0.703. The Morgan fingerprint density at radius 3 is 2.81 bits per heavy atom. The second-order valence-electron chi connectivity index (χ2n) is 4.94. The molecule has 2 rings (SSSR count). The molecule has 3 N–H and O–H groups in total. The molecule has 2 heterocycles. The smallest absolute Gasteiger partial charge is 0.352 e. The van der Waals surface area contributed by atoms with E-state index < -0.39 is 22.0 Å². The van der Waals surface area contributed by atoms with Crippen molar-refractivity contribution in [3.63, 3.8) is 0 Å². The lowest BCUT2D eigenvalue weighted by Crippen LogP contribution is -2.45. The molecular formula is C12H17N3O5S. The molecule has 0 spiro atoms. The number of aromatic carboxylic acids is 1. The van der Waals surface area contributed by atoms with E-state index in [2.05, 4.69) is 10.0 Å². The van der Waals surface area contributed by atoms with Crippen LogP contribution in [0, 0.1) is 0 Å². The zero-order chi connectivity index (χ0) is 15.6. The van der Waals surface area contributed by atoms with E-state index in [1.165, 1.54) is 17.8 Å². The minimum absolute atomic E-state index is 0.138. The van der Waals surface area contributed by atoms with E-state index in [0.717, 1.165) is 18.9 Å². The van der Waals surface area contributed by atoms with Crippen LogP contribution in [-0.2, 0) is 21.9 Å². The van der Waals surface area contributed by atoms with Gasteiger partial charge in [0.15, 0.2) is 0 Å². The number of sulfonamides is 1. The summed E-state index contributed by atoms with van der Waals surface area (Å²) in [4.78, 5) is 22.5. The van der Waals surface area contributed by atoms with Gasteiger partial charge in [0.25, 0.3) is 0 Å². The predicted molar refractivity (Wildman–Crippen MR) is 73.3 cm³/mol. The van der Waals surface area contributed by atoms with Gasteiger partial charge in [0.2, 0.25) is 15.9 Å².